The Morgan fingerprint density at radius 2 is 1.89 bits per heavy atom. The van der Waals surface area contributed by atoms with Gasteiger partial charge in [0.25, 0.3) is 0 Å². The Hall–Kier alpha value is -1.31. The lowest BCUT2D eigenvalue weighted by Gasteiger charge is -2.17. The third-order valence-electron chi connectivity index (χ3n) is 4.74. The van der Waals surface area contributed by atoms with Crippen LogP contribution in [0.15, 0.2) is 34.6 Å². The van der Waals surface area contributed by atoms with E-state index in [1.165, 1.54) is 31.3 Å². The van der Waals surface area contributed by atoms with Gasteiger partial charge < -0.3 is 4.74 Å². The Bertz CT molecular complexity index is 499. The zero-order valence-corrected chi connectivity index (χ0v) is 10.6. The molecule has 2 atom stereocenters. The Kier molecular flexibility index (Phi) is 2.26. The third-order valence-corrected chi connectivity index (χ3v) is 4.74. The minimum absolute atomic E-state index is 0.125. The number of fused-ring (bicyclic) bond motifs is 2. The summed E-state index contributed by atoms with van der Waals surface area (Å²) in [4.78, 5) is 12.2. The van der Waals surface area contributed by atoms with Crippen molar-refractivity contribution in [3.05, 3.63) is 34.6 Å². The van der Waals surface area contributed by atoms with Gasteiger partial charge >= 0.3 is 0 Å². The van der Waals surface area contributed by atoms with E-state index >= 15 is 0 Å². The maximum atomic E-state index is 12.2. The highest BCUT2D eigenvalue weighted by Gasteiger charge is 2.44. The van der Waals surface area contributed by atoms with Crippen molar-refractivity contribution in [2.45, 2.75) is 51.0 Å². The van der Waals surface area contributed by atoms with Crippen LogP contribution in [0.4, 0.5) is 0 Å². The van der Waals surface area contributed by atoms with Crippen molar-refractivity contribution in [3.8, 4) is 0 Å². The summed E-state index contributed by atoms with van der Waals surface area (Å²) in [5.41, 5.74) is 4.01. The maximum Gasteiger partial charge on any atom is 0.163 e. The first-order chi connectivity index (χ1) is 8.84. The lowest BCUT2D eigenvalue weighted by atomic mass is 9.82. The molecule has 0 aromatic carbocycles. The molecular formula is C16H18O2. The van der Waals surface area contributed by atoms with E-state index in [-0.39, 0.29) is 12.0 Å². The van der Waals surface area contributed by atoms with Crippen LogP contribution in [0.1, 0.15) is 44.9 Å². The van der Waals surface area contributed by atoms with E-state index < -0.39 is 0 Å². The summed E-state index contributed by atoms with van der Waals surface area (Å²) in [6.07, 6.45) is 12.2. The molecule has 1 fully saturated rings. The Labute approximate surface area is 107 Å². The highest BCUT2D eigenvalue weighted by molar-refractivity contribution is 5.98. The van der Waals surface area contributed by atoms with Crippen LogP contribution in [-0.4, -0.2) is 11.9 Å². The Morgan fingerprint density at radius 3 is 2.72 bits per heavy atom. The molecule has 2 nitrogen and oxygen atoms in total. The van der Waals surface area contributed by atoms with E-state index in [4.69, 9.17) is 4.74 Å². The van der Waals surface area contributed by atoms with Crippen LogP contribution in [-0.2, 0) is 9.53 Å². The maximum absolute atomic E-state index is 12.2. The molecule has 3 aliphatic carbocycles. The van der Waals surface area contributed by atoms with Crippen molar-refractivity contribution < 1.29 is 9.53 Å². The highest BCUT2D eigenvalue weighted by Crippen LogP contribution is 2.48. The molecule has 1 saturated carbocycles. The number of carbonyl (C=O) groups excluding carboxylic acids is 1. The van der Waals surface area contributed by atoms with Crippen LogP contribution >= 0.6 is 0 Å². The molecule has 4 aliphatic rings. The number of hydrogen-bond donors (Lipinski definition) is 0. The van der Waals surface area contributed by atoms with Gasteiger partial charge in [-0.25, -0.2) is 0 Å². The molecule has 4 rings (SSSR count). The molecule has 18 heavy (non-hydrogen) atoms. The number of allylic oxidation sites excluding steroid dienone is 3. The molecule has 0 aromatic rings. The van der Waals surface area contributed by atoms with Crippen molar-refractivity contribution >= 4 is 5.78 Å². The van der Waals surface area contributed by atoms with Crippen molar-refractivity contribution in [1.82, 2.24) is 0 Å². The van der Waals surface area contributed by atoms with E-state index in [0.29, 0.717) is 12.2 Å². The smallest absolute Gasteiger partial charge is 0.163 e. The predicted molar refractivity (Wildman–Crippen MR) is 68.9 cm³/mol. The van der Waals surface area contributed by atoms with E-state index in [9.17, 15) is 4.79 Å². The van der Waals surface area contributed by atoms with Gasteiger partial charge in [-0.05, 0) is 43.8 Å². The highest BCUT2D eigenvalue weighted by atomic mass is 16.5. The summed E-state index contributed by atoms with van der Waals surface area (Å²) in [5, 5.41) is 0. The Morgan fingerprint density at radius 1 is 1.06 bits per heavy atom. The second-order valence-electron chi connectivity index (χ2n) is 5.80. The van der Waals surface area contributed by atoms with Crippen LogP contribution in [0, 0.1) is 5.92 Å². The van der Waals surface area contributed by atoms with E-state index in [1.807, 2.05) is 0 Å². The fourth-order valence-electron chi connectivity index (χ4n) is 3.91. The van der Waals surface area contributed by atoms with Gasteiger partial charge in [0.1, 0.15) is 11.9 Å². The van der Waals surface area contributed by atoms with Crippen molar-refractivity contribution in [2.75, 3.05) is 0 Å². The minimum Gasteiger partial charge on any atom is -0.489 e. The number of rotatable bonds is 0. The lowest BCUT2D eigenvalue weighted by molar-refractivity contribution is -0.116. The molecule has 0 aromatic heterocycles. The molecule has 0 spiro atoms. The second kappa shape index (κ2) is 3.84. The number of Topliss-reactive ketones (excluding diaryl/α,β-unsaturated/α-hetero) is 1. The molecule has 1 aliphatic heterocycles. The normalized spacial score (nSPS) is 34.1. The molecule has 0 N–H and O–H groups in total. The average Bonchev–Trinajstić information content (AvgIpc) is 3.03. The summed E-state index contributed by atoms with van der Waals surface area (Å²) < 4.78 is 5.99. The van der Waals surface area contributed by atoms with Gasteiger partial charge in [-0.3, -0.25) is 4.79 Å². The number of ketones is 1. The van der Waals surface area contributed by atoms with Gasteiger partial charge in [-0.2, -0.15) is 0 Å². The van der Waals surface area contributed by atoms with Gasteiger partial charge in [-0.1, -0.05) is 11.6 Å². The predicted octanol–water partition coefficient (Wildman–Crippen LogP) is 3.45. The van der Waals surface area contributed by atoms with Gasteiger partial charge in [-0.15, -0.1) is 0 Å². The summed E-state index contributed by atoms with van der Waals surface area (Å²) in [6, 6.07) is 0. The first-order valence-corrected chi connectivity index (χ1v) is 7.17. The van der Waals surface area contributed by atoms with Crippen LogP contribution in [0.2, 0.25) is 0 Å². The summed E-state index contributed by atoms with van der Waals surface area (Å²) >= 11 is 0. The van der Waals surface area contributed by atoms with Gasteiger partial charge in [0.2, 0.25) is 0 Å². The van der Waals surface area contributed by atoms with E-state index in [2.05, 4.69) is 12.2 Å². The lowest BCUT2D eigenvalue weighted by Crippen LogP contribution is -2.19. The number of carbonyl (C=O) groups is 1. The van der Waals surface area contributed by atoms with Crippen molar-refractivity contribution in [2.24, 2.45) is 5.92 Å². The molecule has 0 amide bonds. The third kappa shape index (κ3) is 1.38. The minimum atomic E-state index is 0.125. The fraction of sp³-hybridized carbons (Fsp3) is 0.562. The molecule has 0 radical (unpaired) electrons. The van der Waals surface area contributed by atoms with Gasteiger partial charge in [0, 0.05) is 18.4 Å². The fourth-order valence-corrected chi connectivity index (χ4v) is 3.91. The largest absolute Gasteiger partial charge is 0.489 e. The standard InChI is InChI=1S/C16H18O2/c17-12-6-3-7-13-16(12)15-11(8-9-14(15)18-13)10-4-1-2-5-10/h8-9,14-15H,1-7H2/t14-,15+/m0/s1. The molecule has 0 bridgehead atoms. The van der Waals surface area contributed by atoms with Crippen LogP contribution < -0.4 is 0 Å². The quantitative estimate of drug-likeness (QED) is 0.650. The monoisotopic (exact) mass is 242 g/mol. The van der Waals surface area contributed by atoms with Crippen LogP contribution in [0.3, 0.4) is 0 Å². The zero-order chi connectivity index (χ0) is 12.1. The number of hydrogen-bond acceptors (Lipinski definition) is 2. The summed E-state index contributed by atoms with van der Waals surface area (Å²) in [5.74, 6) is 1.59. The molecule has 0 unspecified atom stereocenters. The Balaban J connectivity index is 1.78. The van der Waals surface area contributed by atoms with E-state index in [1.54, 1.807) is 5.57 Å². The van der Waals surface area contributed by atoms with Crippen LogP contribution in [0.25, 0.3) is 0 Å². The molecule has 0 saturated heterocycles. The van der Waals surface area contributed by atoms with Gasteiger partial charge in [0.15, 0.2) is 5.78 Å². The summed E-state index contributed by atoms with van der Waals surface area (Å²) in [7, 11) is 0. The molecular weight excluding hydrogens is 224 g/mol. The summed E-state index contributed by atoms with van der Waals surface area (Å²) in [6.45, 7) is 0. The molecule has 94 valence electrons. The topological polar surface area (TPSA) is 26.3 Å². The zero-order valence-electron chi connectivity index (χ0n) is 10.6. The van der Waals surface area contributed by atoms with E-state index in [0.717, 1.165) is 24.2 Å². The van der Waals surface area contributed by atoms with Gasteiger partial charge in [0.05, 0.1) is 5.92 Å². The first-order valence-electron chi connectivity index (χ1n) is 7.17. The molecule has 2 heteroatoms. The van der Waals surface area contributed by atoms with Crippen LogP contribution in [0.5, 0.6) is 0 Å². The average molecular weight is 242 g/mol. The molecule has 1 heterocycles. The van der Waals surface area contributed by atoms with Crippen molar-refractivity contribution in [1.29, 1.82) is 0 Å². The second-order valence-corrected chi connectivity index (χ2v) is 5.80. The SMILES string of the molecule is O=C1CCCC2=C1[C@@H]1C(=C3CCCC3)C=C[C@@H]1O2. The number of ether oxygens (including phenoxy) is 1. The first kappa shape index (κ1) is 10.6. The van der Waals surface area contributed by atoms with Crippen molar-refractivity contribution in [3.63, 3.8) is 0 Å².